The molecule has 2 aliphatic rings. The van der Waals surface area contributed by atoms with Crippen LogP contribution in [0.3, 0.4) is 0 Å². The number of benzene rings is 2. The second-order valence-electron chi connectivity index (χ2n) is 8.68. The SMILES string of the molecule is COC(=O)c1cccc(Cc2cccc([C@]3(C)CC(=O)N(C4CCOCC4)C(N)=N3)c2Cl)c1. The fourth-order valence-corrected chi connectivity index (χ4v) is 5.02. The lowest BCUT2D eigenvalue weighted by atomic mass is 9.85. The van der Waals surface area contributed by atoms with Gasteiger partial charge in [-0.2, -0.15) is 0 Å². The van der Waals surface area contributed by atoms with Gasteiger partial charge in [0.15, 0.2) is 5.96 Å². The van der Waals surface area contributed by atoms with E-state index >= 15 is 0 Å². The van der Waals surface area contributed by atoms with E-state index in [1.54, 1.807) is 17.0 Å². The van der Waals surface area contributed by atoms with Gasteiger partial charge in [-0.05, 0) is 55.0 Å². The van der Waals surface area contributed by atoms with Crippen molar-refractivity contribution < 1.29 is 19.1 Å². The smallest absolute Gasteiger partial charge is 0.337 e. The first-order chi connectivity index (χ1) is 15.8. The Morgan fingerprint density at radius 1 is 1.27 bits per heavy atom. The molecule has 0 aromatic heterocycles. The lowest BCUT2D eigenvalue weighted by Gasteiger charge is -2.40. The van der Waals surface area contributed by atoms with E-state index in [0.29, 0.717) is 30.2 Å². The fourth-order valence-electron chi connectivity index (χ4n) is 4.62. The van der Waals surface area contributed by atoms with Crippen molar-refractivity contribution in [3.63, 3.8) is 0 Å². The molecule has 1 amide bonds. The van der Waals surface area contributed by atoms with Crippen LogP contribution in [0.15, 0.2) is 47.5 Å². The second-order valence-corrected chi connectivity index (χ2v) is 9.05. The number of methoxy groups -OCH3 is 1. The molecule has 0 unspecified atom stereocenters. The van der Waals surface area contributed by atoms with Gasteiger partial charge < -0.3 is 15.2 Å². The van der Waals surface area contributed by atoms with E-state index in [1.807, 2.05) is 37.3 Å². The van der Waals surface area contributed by atoms with Crippen LogP contribution in [0.2, 0.25) is 5.02 Å². The zero-order chi connectivity index (χ0) is 23.6. The highest BCUT2D eigenvalue weighted by Crippen LogP contribution is 2.39. The van der Waals surface area contributed by atoms with E-state index in [2.05, 4.69) is 0 Å². The van der Waals surface area contributed by atoms with Crippen molar-refractivity contribution in [3.05, 3.63) is 69.7 Å². The highest BCUT2D eigenvalue weighted by molar-refractivity contribution is 6.32. The molecule has 0 spiro atoms. The summed E-state index contributed by atoms with van der Waals surface area (Å²) in [5, 5.41) is 0.548. The van der Waals surface area contributed by atoms with Gasteiger partial charge >= 0.3 is 5.97 Å². The molecule has 0 radical (unpaired) electrons. The molecule has 1 atom stereocenters. The maximum Gasteiger partial charge on any atom is 0.337 e. The van der Waals surface area contributed by atoms with Gasteiger partial charge in [0, 0.05) is 24.3 Å². The number of guanidine groups is 1. The lowest BCUT2D eigenvalue weighted by Crippen LogP contribution is -2.55. The molecular weight excluding hydrogens is 442 g/mol. The van der Waals surface area contributed by atoms with Crippen LogP contribution in [0.4, 0.5) is 0 Å². The highest BCUT2D eigenvalue weighted by Gasteiger charge is 2.41. The van der Waals surface area contributed by atoms with Crippen LogP contribution in [0.5, 0.6) is 0 Å². The first-order valence-electron chi connectivity index (χ1n) is 11.0. The minimum atomic E-state index is -0.857. The van der Waals surface area contributed by atoms with E-state index in [4.69, 9.17) is 31.8 Å². The van der Waals surface area contributed by atoms with Gasteiger partial charge in [0.1, 0.15) is 0 Å². The van der Waals surface area contributed by atoms with Crippen molar-refractivity contribution in [2.75, 3.05) is 20.3 Å². The molecule has 2 aromatic rings. The van der Waals surface area contributed by atoms with Crippen molar-refractivity contribution in [3.8, 4) is 0 Å². The van der Waals surface area contributed by atoms with Crippen molar-refractivity contribution in [1.29, 1.82) is 0 Å². The first-order valence-corrected chi connectivity index (χ1v) is 11.4. The third-order valence-corrected chi connectivity index (χ3v) is 6.78. The third-order valence-electron chi connectivity index (χ3n) is 6.33. The van der Waals surface area contributed by atoms with Crippen molar-refractivity contribution in [1.82, 2.24) is 4.90 Å². The Morgan fingerprint density at radius 2 is 2.00 bits per heavy atom. The largest absolute Gasteiger partial charge is 0.465 e. The minimum absolute atomic E-state index is 0.0171. The third kappa shape index (κ3) is 4.75. The number of nitrogens with two attached hydrogens (primary N) is 1. The number of carbonyl (C=O) groups is 2. The zero-order valence-corrected chi connectivity index (χ0v) is 19.6. The molecule has 8 heteroatoms. The molecule has 0 saturated carbocycles. The van der Waals surface area contributed by atoms with Gasteiger partial charge in [-0.1, -0.05) is 41.9 Å². The van der Waals surface area contributed by atoms with E-state index in [1.165, 1.54) is 7.11 Å². The monoisotopic (exact) mass is 469 g/mol. The van der Waals surface area contributed by atoms with Gasteiger partial charge in [0.05, 0.1) is 24.6 Å². The van der Waals surface area contributed by atoms with Gasteiger partial charge in [-0.3, -0.25) is 9.69 Å². The number of rotatable bonds is 5. The van der Waals surface area contributed by atoms with Crippen LogP contribution < -0.4 is 5.73 Å². The van der Waals surface area contributed by atoms with Crippen molar-refractivity contribution in [2.24, 2.45) is 10.7 Å². The average molecular weight is 470 g/mol. The Hall–Kier alpha value is -2.90. The predicted octanol–water partition coefficient (Wildman–Crippen LogP) is 3.66. The molecule has 174 valence electrons. The summed E-state index contributed by atoms with van der Waals surface area (Å²) in [6, 6.07) is 13.0. The fraction of sp³-hybridized carbons (Fsp3) is 0.400. The maximum absolute atomic E-state index is 13.1. The summed E-state index contributed by atoms with van der Waals surface area (Å²) < 4.78 is 10.2. The predicted molar refractivity (Wildman–Crippen MR) is 126 cm³/mol. The first kappa shape index (κ1) is 23.3. The van der Waals surface area contributed by atoms with Crippen LogP contribution in [0, 0.1) is 0 Å². The van der Waals surface area contributed by atoms with E-state index in [9.17, 15) is 9.59 Å². The summed E-state index contributed by atoms with van der Waals surface area (Å²) in [5.74, 6) is -0.208. The van der Waals surface area contributed by atoms with E-state index in [0.717, 1.165) is 29.5 Å². The second kappa shape index (κ2) is 9.53. The van der Waals surface area contributed by atoms with Gasteiger partial charge in [0.2, 0.25) is 5.91 Å². The Balaban J connectivity index is 1.63. The zero-order valence-electron chi connectivity index (χ0n) is 18.8. The molecule has 2 aliphatic heterocycles. The van der Waals surface area contributed by atoms with Crippen LogP contribution in [0.1, 0.15) is 53.2 Å². The van der Waals surface area contributed by atoms with Crippen LogP contribution in [-0.2, 0) is 26.2 Å². The van der Waals surface area contributed by atoms with Crippen LogP contribution >= 0.6 is 11.6 Å². The number of hydrogen-bond donors (Lipinski definition) is 1. The van der Waals surface area contributed by atoms with Crippen molar-refractivity contribution in [2.45, 2.75) is 44.2 Å². The minimum Gasteiger partial charge on any atom is -0.465 e. The molecule has 33 heavy (non-hydrogen) atoms. The number of nitrogens with zero attached hydrogens (tertiary/aromatic N) is 2. The molecule has 2 heterocycles. The van der Waals surface area contributed by atoms with Gasteiger partial charge in [-0.15, -0.1) is 0 Å². The maximum atomic E-state index is 13.1. The number of hydrogen-bond acceptors (Lipinski definition) is 6. The number of halogens is 1. The molecule has 1 fully saturated rings. The highest BCUT2D eigenvalue weighted by atomic mass is 35.5. The summed E-state index contributed by atoms with van der Waals surface area (Å²) in [7, 11) is 1.36. The standard InChI is InChI=1S/C25H28ClN3O4/c1-25(15-21(30)29(24(27)28-25)19-9-11-33-12-10-19)20-8-4-6-17(22(20)26)13-16-5-3-7-18(14-16)23(31)32-2/h3-8,14,19H,9-13,15H2,1-2H3,(H2,27,28)/t25-/m0/s1. The number of ether oxygens (including phenoxy) is 2. The molecule has 4 rings (SSSR count). The number of carbonyl (C=O) groups excluding carboxylic acids is 2. The number of amides is 1. The quantitative estimate of drug-likeness (QED) is 0.674. The van der Waals surface area contributed by atoms with Gasteiger partial charge in [-0.25, -0.2) is 9.79 Å². The average Bonchev–Trinajstić information content (AvgIpc) is 2.80. The summed E-state index contributed by atoms with van der Waals surface area (Å²) in [4.78, 5) is 31.4. The Bertz CT molecular complexity index is 1100. The Kier molecular flexibility index (Phi) is 6.72. The van der Waals surface area contributed by atoms with E-state index < -0.39 is 5.54 Å². The van der Waals surface area contributed by atoms with Crippen molar-refractivity contribution >= 4 is 29.4 Å². The summed E-state index contributed by atoms with van der Waals surface area (Å²) in [6.07, 6.45) is 2.21. The summed E-state index contributed by atoms with van der Waals surface area (Å²) in [5.41, 5.74) is 8.50. The molecule has 0 bridgehead atoms. The Labute approximate surface area is 198 Å². The normalized spacial score (nSPS) is 21.6. The van der Waals surface area contributed by atoms with Crippen LogP contribution in [0.25, 0.3) is 0 Å². The number of aliphatic imine (C=N–C) groups is 1. The molecule has 0 aliphatic carbocycles. The Morgan fingerprint density at radius 3 is 2.70 bits per heavy atom. The topological polar surface area (TPSA) is 94.2 Å². The summed E-state index contributed by atoms with van der Waals surface area (Å²) >= 11 is 6.85. The van der Waals surface area contributed by atoms with Crippen LogP contribution in [-0.4, -0.2) is 49.1 Å². The molecule has 1 saturated heterocycles. The molecule has 2 aromatic carbocycles. The molecule has 2 N–H and O–H groups in total. The van der Waals surface area contributed by atoms with Gasteiger partial charge in [0.25, 0.3) is 0 Å². The molecular formula is C25H28ClN3O4. The van der Waals surface area contributed by atoms with E-state index in [-0.39, 0.29) is 30.3 Å². The lowest BCUT2D eigenvalue weighted by molar-refractivity contribution is -0.132. The summed E-state index contributed by atoms with van der Waals surface area (Å²) in [6.45, 7) is 3.12. The molecule has 7 nitrogen and oxygen atoms in total. The number of esters is 1.